The van der Waals surface area contributed by atoms with Crippen molar-refractivity contribution in [2.24, 2.45) is 0 Å². The maximum Gasteiger partial charge on any atom is 0.221 e. The average molecular weight is 1020 g/mol. The van der Waals surface area contributed by atoms with Crippen LogP contribution in [0.4, 0.5) is 0 Å². The van der Waals surface area contributed by atoms with E-state index in [2.05, 4.69) is 77.9 Å². The van der Waals surface area contributed by atoms with E-state index in [1.807, 2.05) is 7.05 Å². The lowest BCUT2D eigenvalue weighted by Crippen LogP contribution is -2.32. The number of amides is 3. The van der Waals surface area contributed by atoms with Gasteiger partial charge in [-0.25, -0.2) is 0 Å². The van der Waals surface area contributed by atoms with E-state index in [1.54, 1.807) is 0 Å². The van der Waals surface area contributed by atoms with Gasteiger partial charge in [-0.05, 0) is 86.5 Å². The second-order valence-electron chi connectivity index (χ2n) is 21.7. The van der Waals surface area contributed by atoms with Gasteiger partial charge in [-0.15, -0.1) is 0 Å². The van der Waals surface area contributed by atoms with Crippen LogP contribution in [0.2, 0.25) is 0 Å². The third kappa shape index (κ3) is 64.4. The molecule has 0 atom stereocenters. The first-order valence-corrected chi connectivity index (χ1v) is 31.2. The molecule has 0 unspecified atom stereocenters. The van der Waals surface area contributed by atoms with Crippen LogP contribution in [-0.2, 0) is 14.4 Å². The summed E-state index contributed by atoms with van der Waals surface area (Å²) in [6, 6.07) is 0. The minimum atomic E-state index is 0. The Hall–Kier alpha value is -1.75. The van der Waals surface area contributed by atoms with Gasteiger partial charge in [0.1, 0.15) is 0 Å². The summed E-state index contributed by atoms with van der Waals surface area (Å²) in [4.78, 5) is 43.0. The van der Waals surface area contributed by atoms with E-state index in [4.69, 9.17) is 0 Å². The van der Waals surface area contributed by atoms with Gasteiger partial charge in [0, 0.05) is 58.5 Å². The lowest BCUT2D eigenvalue weighted by molar-refractivity contribution is -0.122. The van der Waals surface area contributed by atoms with Gasteiger partial charge in [0.05, 0.1) is 0 Å². The van der Waals surface area contributed by atoms with Crippen molar-refractivity contribution in [3.8, 4) is 0 Å². The molecule has 0 aliphatic rings. The molecule has 0 aromatic heterocycles. The third-order valence-corrected chi connectivity index (χ3v) is 14.3. The van der Waals surface area contributed by atoms with Gasteiger partial charge >= 0.3 is 0 Å². The van der Waals surface area contributed by atoms with E-state index in [0.29, 0.717) is 19.3 Å². The number of carbonyl (C=O) groups excluding carboxylic acids is 3. The highest BCUT2D eigenvalue weighted by Gasteiger charge is 2.08. The molecule has 0 aliphatic heterocycles. The van der Waals surface area contributed by atoms with E-state index in [-0.39, 0.29) is 25.1 Å². The summed E-state index contributed by atoms with van der Waals surface area (Å²) in [5.41, 5.74) is 0. The van der Waals surface area contributed by atoms with Crippen molar-refractivity contribution in [1.29, 1.82) is 0 Å². The smallest absolute Gasteiger partial charge is 0.221 e. The van der Waals surface area contributed by atoms with Crippen molar-refractivity contribution in [1.82, 2.24) is 36.0 Å². The average Bonchev–Trinajstić information content (AvgIpc) is 3.36. The summed E-state index contributed by atoms with van der Waals surface area (Å²) in [6.45, 7) is 15.8. The van der Waals surface area contributed by atoms with E-state index >= 15 is 0 Å². The van der Waals surface area contributed by atoms with Crippen LogP contribution in [0, 0.1) is 0 Å². The van der Waals surface area contributed by atoms with Crippen LogP contribution in [-0.4, -0.2) is 126 Å². The van der Waals surface area contributed by atoms with Crippen LogP contribution >= 0.6 is 0 Å². The molecule has 0 heterocycles. The van der Waals surface area contributed by atoms with Gasteiger partial charge in [-0.2, -0.15) is 0 Å². The number of carbonyl (C=O) groups is 3. The Balaban J connectivity index is -0.00000150. The van der Waals surface area contributed by atoms with E-state index in [9.17, 15) is 14.4 Å². The van der Waals surface area contributed by atoms with E-state index in [1.165, 1.54) is 212 Å². The molecule has 3 amide bonds. The zero-order valence-corrected chi connectivity index (χ0v) is 49.1. The van der Waals surface area contributed by atoms with Gasteiger partial charge in [-0.1, -0.05) is 240 Å². The van der Waals surface area contributed by atoms with Crippen molar-refractivity contribution >= 4 is 17.7 Å². The summed E-state index contributed by atoms with van der Waals surface area (Å²) in [7, 11) is 8.26. The first-order valence-electron chi connectivity index (χ1n) is 31.2. The highest BCUT2D eigenvalue weighted by Crippen LogP contribution is 2.14. The number of nitrogens with zero attached hydrogens (tertiary/aromatic N) is 3. The van der Waals surface area contributed by atoms with Crippen LogP contribution in [0.25, 0.3) is 0 Å². The SMILES string of the molecule is C.CCCCCCCCCCCCCCNC(=O)CCN(C)CCCN(C)CCC(=O)NCCCCCCCCCCCCCC.CCCCCCCCCCCCCCNC(=O)CCN(C)CCCNC. The molecule has 0 aliphatic carbocycles. The Morgan fingerprint density at radius 3 is 0.708 bits per heavy atom. The third-order valence-electron chi connectivity index (χ3n) is 14.3. The van der Waals surface area contributed by atoms with E-state index in [0.717, 1.165) is 97.6 Å². The largest absolute Gasteiger partial charge is 0.356 e. The molecule has 0 spiro atoms. The Kier molecular flexibility index (Phi) is 65.7. The molecule has 432 valence electrons. The molecule has 0 saturated heterocycles. The number of hydrogen-bond donors (Lipinski definition) is 4. The van der Waals surface area contributed by atoms with Crippen molar-refractivity contribution in [3.63, 3.8) is 0 Å². The minimum Gasteiger partial charge on any atom is -0.356 e. The zero-order valence-electron chi connectivity index (χ0n) is 49.1. The lowest BCUT2D eigenvalue weighted by atomic mass is 10.1. The van der Waals surface area contributed by atoms with E-state index < -0.39 is 0 Å². The minimum absolute atomic E-state index is 0. The quantitative estimate of drug-likeness (QED) is 0.0449. The second kappa shape index (κ2) is 63.5. The molecule has 0 aromatic rings. The molecule has 10 nitrogen and oxygen atoms in total. The van der Waals surface area contributed by atoms with Crippen LogP contribution in [0.1, 0.15) is 291 Å². The molecule has 72 heavy (non-hydrogen) atoms. The van der Waals surface area contributed by atoms with Crippen molar-refractivity contribution in [2.45, 2.75) is 291 Å². The number of nitrogens with one attached hydrogen (secondary N) is 4. The number of hydrogen-bond acceptors (Lipinski definition) is 7. The highest BCUT2D eigenvalue weighted by atomic mass is 16.2. The number of rotatable bonds is 56. The first-order chi connectivity index (χ1) is 34.7. The van der Waals surface area contributed by atoms with Crippen LogP contribution in [0.15, 0.2) is 0 Å². The highest BCUT2D eigenvalue weighted by molar-refractivity contribution is 5.76. The first kappa shape index (κ1) is 74.5. The van der Waals surface area contributed by atoms with Gasteiger partial charge in [0.15, 0.2) is 0 Å². The Morgan fingerprint density at radius 1 is 0.278 bits per heavy atom. The predicted octanol–water partition coefficient (Wildman–Crippen LogP) is 15.0. The monoisotopic (exact) mass is 1020 g/mol. The summed E-state index contributed by atoms with van der Waals surface area (Å²) in [5.74, 6) is 0.557. The predicted molar refractivity (Wildman–Crippen MR) is 318 cm³/mol. The normalized spacial score (nSPS) is 11.2. The maximum absolute atomic E-state index is 12.2. The molecule has 0 rings (SSSR count). The summed E-state index contributed by atoms with van der Waals surface area (Å²) in [6.07, 6.45) is 52.5. The molecule has 4 N–H and O–H groups in total. The summed E-state index contributed by atoms with van der Waals surface area (Å²) < 4.78 is 0. The molecular formula is C62H131N7O3. The maximum atomic E-state index is 12.2. The summed E-state index contributed by atoms with van der Waals surface area (Å²) in [5, 5.41) is 12.4. The Morgan fingerprint density at radius 2 is 0.486 bits per heavy atom. The van der Waals surface area contributed by atoms with Crippen LogP contribution in [0.5, 0.6) is 0 Å². The number of unbranched alkanes of at least 4 members (excludes halogenated alkanes) is 33. The molecule has 10 heteroatoms. The van der Waals surface area contributed by atoms with Crippen molar-refractivity contribution in [3.05, 3.63) is 0 Å². The Labute approximate surface area is 451 Å². The van der Waals surface area contributed by atoms with Gasteiger partial charge in [-0.3, -0.25) is 14.4 Å². The molecule has 0 fully saturated rings. The zero-order chi connectivity index (χ0) is 52.4. The summed E-state index contributed by atoms with van der Waals surface area (Å²) >= 11 is 0. The van der Waals surface area contributed by atoms with Gasteiger partial charge in [0.25, 0.3) is 0 Å². The molecule has 0 bridgehead atoms. The lowest BCUT2D eigenvalue weighted by Gasteiger charge is -2.20. The second-order valence-corrected chi connectivity index (χ2v) is 21.7. The fraction of sp³-hybridized carbons (Fsp3) is 0.952. The van der Waals surface area contributed by atoms with Gasteiger partial charge in [0.2, 0.25) is 17.7 Å². The van der Waals surface area contributed by atoms with Crippen molar-refractivity contribution < 1.29 is 14.4 Å². The van der Waals surface area contributed by atoms with Crippen molar-refractivity contribution in [2.75, 3.05) is 93.6 Å². The fourth-order valence-electron chi connectivity index (χ4n) is 9.20. The molecule has 0 radical (unpaired) electrons. The molecule has 0 saturated carbocycles. The molecule has 0 aromatic carbocycles. The van der Waals surface area contributed by atoms with Gasteiger partial charge < -0.3 is 36.0 Å². The fourth-order valence-corrected chi connectivity index (χ4v) is 9.20. The molecular weight excluding hydrogens is 891 g/mol. The topological polar surface area (TPSA) is 109 Å². The van der Waals surface area contributed by atoms with Crippen LogP contribution in [0.3, 0.4) is 0 Å². The Bertz CT molecular complexity index is 1030. The standard InChI is InChI=1S/C39H80N4O2.C22H47N3O.CH4/c1-5-7-9-11-13-15-17-19-21-23-25-27-32-40-38(44)30-36-42(3)34-29-35-43(4)37-31-39(45)41-33-28-26-24-22-20-18-16-14-12-10-8-6-2;1-4-5-6-7-8-9-10-11-12-13-14-15-19-24-22(26)17-21-25(3)20-16-18-23-2;/h5-37H2,1-4H3,(H,40,44)(H,41,45);23H,4-21H2,1-3H3,(H,24,26);1H4. The van der Waals surface area contributed by atoms with Crippen LogP contribution < -0.4 is 21.3 Å².